The molecule has 1 unspecified atom stereocenters. The van der Waals surface area contributed by atoms with Crippen LogP contribution in [0.1, 0.15) is 39.3 Å². The average Bonchev–Trinajstić information content (AvgIpc) is 2.84. The van der Waals surface area contributed by atoms with Gasteiger partial charge in [0.15, 0.2) is 11.6 Å². The second-order valence-corrected chi connectivity index (χ2v) is 7.63. The highest BCUT2D eigenvalue weighted by atomic mass is 32.2. The van der Waals surface area contributed by atoms with E-state index < -0.39 is 17.2 Å². The van der Waals surface area contributed by atoms with Gasteiger partial charge in [0.05, 0.1) is 12.4 Å². The molecular weight excluding hydrogens is 291 g/mol. The summed E-state index contributed by atoms with van der Waals surface area (Å²) in [5, 5.41) is 3.85. The van der Waals surface area contributed by atoms with E-state index >= 15 is 0 Å². The van der Waals surface area contributed by atoms with Crippen molar-refractivity contribution in [2.75, 3.05) is 0 Å². The molecule has 0 saturated carbocycles. The van der Waals surface area contributed by atoms with Crippen molar-refractivity contribution >= 4 is 11.4 Å². The van der Waals surface area contributed by atoms with Crippen molar-refractivity contribution in [2.24, 2.45) is 0 Å². The van der Waals surface area contributed by atoms with Crippen LogP contribution in [-0.4, -0.2) is 24.1 Å². The van der Waals surface area contributed by atoms with Gasteiger partial charge in [0, 0.05) is 6.20 Å². The van der Waals surface area contributed by atoms with Crippen molar-refractivity contribution in [2.45, 2.75) is 38.5 Å². The largest absolute Gasteiger partial charge is 0.627 e. The Balaban J connectivity index is 2.08. The molecule has 114 valence electrons. The molecule has 0 aliphatic carbocycles. The monoisotopic (exact) mass is 309 g/mol. The summed E-state index contributed by atoms with van der Waals surface area (Å²) in [6.07, 6.45) is 4.02. The number of aromatic nitrogens is 3. The van der Waals surface area contributed by atoms with Crippen LogP contribution >= 0.6 is 0 Å². The van der Waals surface area contributed by atoms with E-state index in [-0.39, 0.29) is 10.8 Å². The summed E-state index contributed by atoms with van der Waals surface area (Å²) in [4.78, 5) is 4.23. The van der Waals surface area contributed by atoms with E-state index in [9.17, 15) is 8.94 Å². The lowest BCUT2D eigenvalue weighted by Crippen LogP contribution is -2.27. The molecule has 21 heavy (non-hydrogen) atoms. The van der Waals surface area contributed by atoms with Gasteiger partial charge in [-0.25, -0.2) is 14.1 Å². The van der Waals surface area contributed by atoms with Crippen LogP contribution in [0.15, 0.2) is 30.7 Å². The maximum atomic E-state index is 12.9. The van der Waals surface area contributed by atoms with Gasteiger partial charge in [-0.3, -0.25) is 0 Å². The minimum atomic E-state index is -1.28. The number of rotatable bonds is 4. The fraction of sp³-hybridized carbons (Fsp3) is 0.429. The maximum Gasteiger partial charge on any atom is 0.161 e. The zero-order valence-corrected chi connectivity index (χ0v) is 13.3. The Kier molecular flexibility index (Phi) is 4.65. The summed E-state index contributed by atoms with van der Waals surface area (Å²) in [5.41, 5.74) is 0.851. The third-order valence-corrected chi connectivity index (χ3v) is 4.37. The number of pyridine rings is 1. The van der Waals surface area contributed by atoms with Gasteiger partial charge in [-0.2, -0.15) is 5.10 Å². The first-order valence-corrected chi connectivity index (χ1v) is 7.67. The average molecular weight is 309 g/mol. The van der Waals surface area contributed by atoms with E-state index in [1.807, 2.05) is 33.8 Å². The molecule has 2 aromatic rings. The molecule has 0 aliphatic heterocycles. The first-order valence-electron chi connectivity index (χ1n) is 6.57. The SMILES string of the molecule is C[C@@H]([N-][S+]([O-])C(C)(C)C)c1ccc(-n2cc(F)cn2)nc1. The highest BCUT2D eigenvalue weighted by molar-refractivity contribution is 7.95. The first-order chi connectivity index (χ1) is 9.77. The number of nitrogens with zero attached hydrogens (tertiary/aromatic N) is 4. The van der Waals surface area contributed by atoms with E-state index in [2.05, 4.69) is 14.8 Å². The van der Waals surface area contributed by atoms with E-state index in [1.54, 1.807) is 12.3 Å². The van der Waals surface area contributed by atoms with Gasteiger partial charge in [-0.15, -0.1) is 11.4 Å². The molecule has 0 saturated heterocycles. The van der Waals surface area contributed by atoms with Gasteiger partial charge < -0.3 is 9.27 Å². The summed E-state index contributed by atoms with van der Waals surface area (Å²) < 4.78 is 30.2. The highest BCUT2D eigenvalue weighted by Gasteiger charge is 2.19. The number of hydrogen-bond donors (Lipinski definition) is 0. The van der Waals surface area contributed by atoms with E-state index in [4.69, 9.17) is 0 Å². The number of hydrogen-bond acceptors (Lipinski definition) is 3. The standard InChI is InChI=1S/C14H18FN4OS/c1-10(18-21(20)14(2,3)4)11-5-6-13(16-7-11)19-9-12(15)8-17-19/h5-10H,1-4H3/q-1/t10-,21?/m1/s1. The minimum Gasteiger partial charge on any atom is -0.627 e. The van der Waals surface area contributed by atoms with Crippen LogP contribution in [-0.2, 0) is 11.4 Å². The molecule has 0 amide bonds. The lowest BCUT2D eigenvalue weighted by atomic mass is 10.1. The fourth-order valence-electron chi connectivity index (χ4n) is 1.57. The van der Waals surface area contributed by atoms with Crippen LogP contribution in [0, 0.1) is 5.82 Å². The Morgan fingerprint density at radius 3 is 2.52 bits per heavy atom. The van der Waals surface area contributed by atoms with Gasteiger partial charge in [0.2, 0.25) is 0 Å². The minimum absolute atomic E-state index is 0.221. The topological polar surface area (TPSA) is 67.9 Å². The molecular formula is C14H18FN4OS-. The molecule has 0 aromatic carbocycles. The molecule has 0 aliphatic rings. The third kappa shape index (κ3) is 4.03. The van der Waals surface area contributed by atoms with E-state index in [0.29, 0.717) is 5.82 Å². The van der Waals surface area contributed by atoms with Gasteiger partial charge in [0.25, 0.3) is 0 Å². The van der Waals surface area contributed by atoms with Crippen molar-refractivity contribution in [1.82, 2.24) is 14.8 Å². The summed E-state index contributed by atoms with van der Waals surface area (Å²) in [7, 11) is 0. The van der Waals surface area contributed by atoms with E-state index in [0.717, 1.165) is 11.8 Å². The Bertz CT molecular complexity index is 594. The molecule has 2 heterocycles. The quantitative estimate of drug-likeness (QED) is 0.814. The van der Waals surface area contributed by atoms with Crippen molar-refractivity contribution < 1.29 is 8.94 Å². The molecule has 0 radical (unpaired) electrons. The molecule has 5 nitrogen and oxygen atoms in total. The summed E-state index contributed by atoms with van der Waals surface area (Å²) in [5.74, 6) is 0.108. The highest BCUT2D eigenvalue weighted by Crippen LogP contribution is 2.31. The molecule has 0 fully saturated rings. The summed E-state index contributed by atoms with van der Waals surface area (Å²) in [6, 6.07) is 3.34. The van der Waals surface area contributed by atoms with Gasteiger partial charge in [-0.1, -0.05) is 19.0 Å². The molecule has 7 heteroatoms. The summed E-state index contributed by atoms with van der Waals surface area (Å²) in [6.45, 7) is 7.51. The van der Waals surface area contributed by atoms with Crippen molar-refractivity contribution in [3.63, 3.8) is 0 Å². The molecule has 0 bridgehead atoms. The first kappa shape index (κ1) is 15.9. The van der Waals surface area contributed by atoms with Crippen LogP contribution in [0.25, 0.3) is 10.5 Å². The second kappa shape index (κ2) is 6.13. The molecule has 0 spiro atoms. The molecule has 2 atom stereocenters. The lowest BCUT2D eigenvalue weighted by Gasteiger charge is -2.38. The van der Waals surface area contributed by atoms with Crippen LogP contribution < -0.4 is 0 Å². The molecule has 2 rings (SSSR count). The van der Waals surface area contributed by atoms with Gasteiger partial charge >= 0.3 is 0 Å². The third-order valence-electron chi connectivity index (χ3n) is 2.82. The Labute approximate surface area is 126 Å². The van der Waals surface area contributed by atoms with Crippen molar-refractivity contribution in [3.05, 3.63) is 46.8 Å². The predicted octanol–water partition coefficient (Wildman–Crippen LogP) is 3.30. The van der Waals surface area contributed by atoms with Crippen molar-refractivity contribution in [1.29, 1.82) is 0 Å². The number of halogens is 1. The zero-order valence-electron chi connectivity index (χ0n) is 12.4. The Morgan fingerprint density at radius 2 is 2.05 bits per heavy atom. The zero-order chi connectivity index (χ0) is 15.6. The van der Waals surface area contributed by atoms with Crippen LogP contribution in [0.5, 0.6) is 0 Å². The fourth-order valence-corrected chi connectivity index (χ4v) is 2.29. The smallest absolute Gasteiger partial charge is 0.161 e. The van der Waals surface area contributed by atoms with Crippen LogP contribution in [0.4, 0.5) is 4.39 Å². The van der Waals surface area contributed by atoms with Gasteiger partial charge in [0.1, 0.15) is 4.75 Å². The Hall–Kier alpha value is -1.44. The van der Waals surface area contributed by atoms with Crippen molar-refractivity contribution in [3.8, 4) is 5.82 Å². The lowest BCUT2D eigenvalue weighted by molar-refractivity contribution is 0.563. The van der Waals surface area contributed by atoms with Crippen LogP contribution in [0.2, 0.25) is 0 Å². The molecule has 2 aromatic heterocycles. The van der Waals surface area contributed by atoms with E-state index in [1.165, 1.54) is 10.9 Å². The van der Waals surface area contributed by atoms with Gasteiger partial charge in [-0.05, 0) is 32.4 Å². The normalized spacial score (nSPS) is 15.0. The second-order valence-electron chi connectivity index (χ2n) is 5.70. The predicted molar refractivity (Wildman–Crippen MR) is 81.0 cm³/mol. The Morgan fingerprint density at radius 1 is 1.33 bits per heavy atom. The summed E-state index contributed by atoms with van der Waals surface area (Å²) >= 11 is -1.28. The van der Waals surface area contributed by atoms with Crippen LogP contribution in [0.3, 0.4) is 0 Å². The molecule has 0 N–H and O–H groups in total. The maximum absolute atomic E-state index is 12.9.